The summed E-state index contributed by atoms with van der Waals surface area (Å²) in [5, 5.41) is 14.2. The van der Waals surface area contributed by atoms with Crippen LogP contribution in [-0.2, 0) is 31.8 Å². The van der Waals surface area contributed by atoms with Crippen LogP contribution in [0.5, 0.6) is 0 Å². The molecule has 2 aromatic carbocycles. The third-order valence-corrected chi connectivity index (χ3v) is 11.5. The number of benzene rings is 2. The van der Waals surface area contributed by atoms with Gasteiger partial charge in [-0.15, -0.1) is 0 Å². The summed E-state index contributed by atoms with van der Waals surface area (Å²) < 4.78 is 93.4. The number of carbonyl (C=O) groups excluding carboxylic acids is 2. The summed E-state index contributed by atoms with van der Waals surface area (Å²) >= 11 is 0. The fourth-order valence-corrected chi connectivity index (χ4v) is 8.70. The van der Waals surface area contributed by atoms with Gasteiger partial charge in [0.05, 0.1) is 33.4 Å². The van der Waals surface area contributed by atoms with E-state index in [1.165, 1.54) is 31.4 Å². The van der Waals surface area contributed by atoms with Crippen LogP contribution >= 0.6 is 21.6 Å². The Morgan fingerprint density at radius 1 is 1.10 bits per heavy atom. The maximum Gasteiger partial charge on any atom is 0.471 e. The van der Waals surface area contributed by atoms with Gasteiger partial charge in [0.15, 0.2) is 0 Å². The second-order valence-electron chi connectivity index (χ2n) is 12.0. The van der Waals surface area contributed by atoms with Crippen molar-refractivity contribution in [2.24, 2.45) is 11.3 Å². The van der Waals surface area contributed by atoms with E-state index in [1.54, 1.807) is 19.9 Å². The van der Waals surface area contributed by atoms with Crippen LogP contribution in [0, 0.1) is 21.4 Å². The maximum atomic E-state index is 13.9. The van der Waals surface area contributed by atoms with E-state index in [9.17, 15) is 46.0 Å². The lowest BCUT2D eigenvalue weighted by Gasteiger charge is -2.43. The number of nitrogens with one attached hydrogen (secondary N) is 1. The van der Waals surface area contributed by atoms with E-state index in [1.807, 2.05) is 0 Å². The predicted molar refractivity (Wildman–Crippen MR) is 166 cm³/mol. The Balaban J connectivity index is 1.59. The molecule has 0 spiro atoms. The molecule has 17 heteroatoms. The molecule has 0 radical (unpaired) electrons. The Hall–Kier alpha value is -3.02. The van der Waals surface area contributed by atoms with Crippen molar-refractivity contribution in [2.45, 2.75) is 86.4 Å². The van der Waals surface area contributed by atoms with Crippen molar-refractivity contribution in [2.75, 3.05) is 20.3 Å². The molecular weight excluding hydrogens is 688 g/mol. The zero-order chi connectivity index (χ0) is 35.4. The summed E-state index contributed by atoms with van der Waals surface area (Å²) in [4.78, 5) is 39.0. The molecular formula is C31H35F6N3O6S2. The van der Waals surface area contributed by atoms with Gasteiger partial charge >= 0.3 is 18.3 Å². The first kappa shape index (κ1) is 37.8. The second-order valence-corrected chi connectivity index (χ2v) is 14.2. The van der Waals surface area contributed by atoms with Crippen LogP contribution in [0.1, 0.15) is 50.7 Å². The predicted octanol–water partition coefficient (Wildman–Crippen LogP) is 7.42. The minimum absolute atomic E-state index is 0.00142. The summed E-state index contributed by atoms with van der Waals surface area (Å²) in [6.45, 7) is 3.25. The highest BCUT2D eigenvalue weighted by atomic mass is 33.1. The molecule has 4 rings (SSSR count). The second kappa shape index (κ2) is 15.3. The molecule has 1 heterocycles. The molecule has 2 aliphatic rings. The topological polar surface area (TPSA) is 111 Å². The van der Waals surface area contributed by atoms with Gasteiger partial charge < -0.3 is 19.7 Å². The van der Waals surface area contributed by atoms with Gasteiger partial charge in [-0.3, -0.25) is 19.7 Å². The van der Waals surface area contributed by atoms with Gasteiger partial charge in [-0.25, -0.2) is 0 Å². The van der Waals surface area contributed by atoms with Crippen molar-refractivity contribution in [1.29, 1.82) is 0 Å². The lowest BCUT2D eigenvalue weighted by Crippen LogP contribution is -2.59. The summed E-state index contributed by atoms with van der Waals surface area (Å²) in [5.74, 6) is -2.99. The SMILES string of the molecule is COC1COCCC1N(C(=O)C(F)(F)F)[C@@H]1CC[C@@](C(=O)NCc2cc(C(F)(F)F)ccc2SSc2ccccc2[N+](=O)[O-])(C(C)C)C1. The standard InChI is InChI=1S/C31H35F6N3O6S2/c1-18(2)29(12-10-21(15-29)39(28(42)31(35,36)37)22-11-13-46-17-24(22)45-3)27(41)38-16-19-14-20(30(32,33)34)8-9-25(19)47-48-26-7-5-4-6-23(26)40(43)44/h4-9,14,18,21-22,24H,10-13,15-17H2,1-3H3,(H,38,41)/t21-,22?,24?,29+/m1/s1. The first-order valence-corrected chi connectivity index (χ1v) is 17.2. The number of hydrogen-bond donors (Lipinski definition) is 1. The van der Waals surface area contributed by atoms with Crippen LogP contribution in [-0.4, -0.2) is 66.3 Å². The van der Waals surface area contributed by atoms with Gasteiger partial charge in [0, 0.05) is 37.3 Å². The zero-order valence-corrected chi connectivity index (χ0v) is 27.9. The Bertz CT molecular complexity index is 1490. The van der Waals surface area contributed by atoms with Gasteiger partial charge in [0.1, 0.15) is 6.10 Å². The number of para-hydroxylation sites is 1. The monoisotopic (exact) mass is 723 g/mol. The van der Waals surface area contributed by atoms with Crippen molar-refractivity contribution in [3.8, 4) is 0 Å². The molecule has 4 atom stereocenters. The average molecular weight is 724 g/mol. The fraction of sp³-hybridized carbons (Fsp3) is 0.548. The van der Waals surface area contributed by atoms with Crippen molar-refractivity contribution in [3.63, 3.8) is 0 Å². The lowest BCUT2D eigenvalue weighted by molar-refractivity contribution is -0.387. The van der Waals surface area contributed by atoms with E-state index in [4.69, 9.17) is 9.47 Å². The molecule has 48 heavy (non-hydrogen) atoms. The van der Waals surface area contributed by atoms with Gasteiger partial charge in [0.25, 0.3) is 5.69 Å². The fourth-order valence-electron chi connectivity index (χ4n) is 6.35. The van der Waals surface area contributed by atoms with Crippen LogP contribution in [0.15, 0.2) is 52.3 Å². The largest absolute Gasteiger partial charge is 0.471 e. The first-order chi connectivity index (χ1) is 22.5. The number of methoxy groups -OCH3 is 1. The summed E-state index contributed by atoms with van der Waals surface area (Å²) in [7, 11) is 3.29. The molecule has 2 amide bonds. The van der Waals surface area contributed by atoms with Gasteiger partial charge in [-0.05, 0) is 72.2 Å². The maximum absolute atomic E-state index is 13.9. The van der Waals surface area contributed by atoms with Crippen LogP contribution < -0.4 is 5.32 Å². The van der Waals surface area contributed by atoms with Crippen molar-refractivity contribution >= 4 is 39.1 Å². The minimum atomic E-state index is -5.17. The van der Waals surface area contributed by atoms with Gasteiger partial charge in [0.2, 0.25) is 5.91 Å². The van der Waals surface area contributed by atoms with Gasteiger partial charge in [-0.2, -0.15) is 26.3 Å². The molecule has 2 unspecified atom stereocenters. The van der Waals surface area contributed by atoms with Crippen molar-refractivity contribution < 1.29 is 50.3 Å². The van der Waals surface area contributed by atoms with Crippen molar-refractivity contribution in [1.82, 2.24) is 10.2 Å². The number of ether oxygens (including phenoxy) is 2. The molecule has 1 N–H and O–H groups in total. The van der Waals surface area contributed by atoms with E-state index < -0.39 is 64.2 Å². The molecule has 0 aromatic heterocycles. The molecule has 9 nitrogen and oxygen atoms in total. The van der Waals surface area contributed by atoms with Gasteiger partial charge in [-0.1, -0.05) is 36.8 Å². The molecule has 1 aliphatic heterocycles. The van der Waals surface area contributed by atoms with Crippen LogP contribution in [0.2, 0.25) is 0 Å². The number of amides is 2. The Labute approximate surface area is 281 Å². The van der Waals surface area contributed by atoms with E-state index in [0.717, 1.165) is 38.6 Å². The molecule has 264 valence electrons. The van der Waals surface area contributed by atoms with Crippen molar-refractivity contribution in [3.05, 3.63) is 63.7 Å². The first-order valence-electron chi connectivity index (χ1n) is 15.1. The van der Waals surface area contributed by atoms with E-state index in [2.05, 4.69) is 5.32 Å². The average Bonchev–Trinajstić information content (AvgIpc) is 3.49. The third-order valence-electron chi connectivity index (χ3n) is 8.99. The van der Waals surface area contributed by atoms with Crippen LogP contribution in [0.4, 0.5) is 32.0 Å². The highest BCUT2D eigenvalue weighted by Crippen LogP contribution is 2.48. The quantitative estimate of drug-likeness (QED) is 0.110. The van der Waals surface area contributed by atoms with E-state index in [-0.39, 0.29) is 61.6 Å². The molecule has 1 saturated carbocycles. The minimum Gasteiger partial charge on any atom is -0.379 e. The number of nitro benzene ring substituents is 1. The highest BCUT2D eigenvalue weighted by molar-refractivity contribution is 8.76. The van der Waals surface area contributed by atoms with E-state index >= 15 is 0 Å². The highest BCUT2D eigenvalue weighted by Gasteiger charge is 2.55. The molecule has 0 bridgehead atoms. The molecule has 1 aliphatic carbocycles. The number of nitro groups is 1. The Morgan fingerprint density at radius 2 is 1.79 bits per heavy atom. The number of rotatable bonds is 11. The smallest absolute Gasteiger partial charge is 0.379 e. The van der Waals surface area contributed by atoms with Crippen LogP contribution in [0.3, 0.4) is 0 Å². The number of alkyl halides is 6. The molecule has 2 fully saturated rings. The molecule has 2 aromatic rings. The summed E-state index contributed by atoms with van der Waals surface area (Å²) in [6.07, 6.45) is -10.4. The van der Waals surface area contributed by atoms with E-state index in [0.29, 0.717) is 4.90 Å². The number of nitrogens with zero attached hydrogens (tertiary/aromatic N) is 2. The lowest BCUT2D eigenvalue weighted by atomic mass is 9.74. The number of halogens is 6. The normalized spacial score (nSPS) is 23.2. The summed E-state index contributed by atoms with van der Waals surface area (Å²) in [6, 6.07) is 6.99. The third kappa shape index (κ3) is 8.40. The zero-order valence-electron chi connectivity index (χ0n) is 26.2. The number of hydrogen-bond acceptors (Lipinski definition) is 8. The number of carbonyl (C=O) groups is 2. The Morgan fingerprint density at radius 3 is 2.42 bits per heavy atom. The summed E-state index contributed by atoms with van der Waals surface area (Å²) in [5.41, 5.74) is -2.27. The van der Waals surface area contributed by atoms with Crippen LogP contribution in [0.25, 0.3) is 0 Å². The Kier molecular flexibility index (Phi) is 12.0. The molecule has 1 saturated heterocycles.